The van der Waals surface area contributed by atoms with Gasteiger partial charge in [-0.2, -0.15) is 0 Å². The van der Waals surface area contributed by atoms with Crippen LogP contribution in [0.5, 0.6) is 5.75 Å². The van der Waals surface area contributed by atoms with Gasteiger partial charge in [-0.3, -0.25) is 4.57 Å². The standard InChI is InChI=1S/C16H15O4P/c1-19-21(18,20-2)16-14-10-12-6-4-3-5-11(12)9-13(14)7-8-15(16)17/h3-10,17H,1-2H3. The van der Waals surface area contributed by atoms with Gasteiger partial charge in [0, 0.05) is 19.6 Å². The maximum Gasteiger partial charge on any atom is 0.365 e. The van der Waals surface area contributed by atoms with Crippen LogP contribution in [0.3, 0.4) is 0 Å². The van der Waals surface area contributed by atoms with Crippen molar-refractivity contribution in [2.45, 2.75) is 0 Å². The van der Waals surface area contributed by atoms with Gasteiger partial charge >= 0.3 is 7.60 Å². The minimum absolute atomic E-state index is 0.0928. The van der Waals surface area contributed by atoms with E-state index in [1.807, 2.05) is 36.4 Å². The summed E-state index contributed by atoms with van der Waals surface area (Å²) in [6.07, 6.45) is 0. The molecule has 0 fully saturated rings. The molecule has 0 unspecified atom stereocenters. The molecule has 108 valence electrons. The van der Waals surface area contributed by atoms with E-state index < -0.39 is 7.60 Å². The van der Waals surface area contributed by atoms with E-state index in [1.54, 1.807) is 6.07 Å². The Labute approximate surface area is 122 Å². The second-order valence-corrected chi connectivity index (χ2v) is 6.89. The minimum atomic E-state index is -3.54. The number of fused-ring (bicyclic) bond motifs is 2. The largest absolute Gasteiger partial charge is 0.507 e. The molecule has 0 aromatic heterocycles. The zero-order valence-corrected chi connectivity index (χ0v) is 12.6. The third kappa shape index (κ3) is 2.22. The predicted molar refractivity (Wildman–Crippen MR) is 84.4 cm³/mol. The number of phenols is 1. The van der Waals surface area contributed by atoms with E-state index in [2.05, 4.69) is 0 Å². The van der Waals surface area contributed by atoms with Crippen LogP contribution in [0.25, 0.3) is 21.5 Å². The van der Waals surface area contributed by atoms with E-state index in [1.165, 1.54) is 20.3 Å². The first kappa shape index (κ1) is 14.1. The molecule has 21 heavy (non-hydrogen) atoms. The number of phenolic OH excluding ortho intramolecular Hbond substituents is 1. The van der Waals surface area contributed by atoms with E-state index >= 15 is 0 Å². The monoisotopic (exact) mass is 302 g/mol. The maximum absolute atomic E-state index is 12.7. The lowest BCUT2D eigenvalue weighted by Crippen LogP contribution is -2.10. The summed E-state index contributed by atoms with van der Waals surface area (Å²) in [6.45, 7) is 0. The van der Waals surface area contributed by atoms with Crippen molar-refractivity contribution in [3.8, 4) is 5.75 Å². The van der Waals surface area contributed by atoms with Crippen molar-refractivity contribution < 1.29 is 18.7 Å². The number of aromatic hydroxyl groups is 1. The van der Waals surface area contributed by atoms with Crippen LogP contribution in [0.2, 0.25) is 0 Å². The molecule has 3 aromatic rings. The smallest absolute Gasteiger partial charge is 0.365 e. The zero-order chi connectivity index (χ0) is 15.0. The van der Waals surface area contributed by atoms with Gasteiger partial charge in [0.1, 0.15) is 11.1 Å². The van der Waals surface area contributed by atoms with Crippen LogP contribution in [-0.2, 0) is 13.6 Å². The molecule has 0 heterocycles. The molecule has 0 aliphatic carbocycles. The molecule has 0 atom stereocenters. The van der Waals surface area contributed by atoms with Gasteiger partial charge in [0.15, 0.2) is 0 Å². The first-order valence-electron chi connectivity index (χ1n) is 6.45. The van der Waals surface area contributed by atoms with Crippen LogP contribution in [0.4, 0.5) is 0 Å². The van der Waals surface area contributed by atoms with Crippen LogP contribution in [0, 0.1) is 0 Å². The van der Waals surface area contributed by atoms with Crippen molar-refractivity contribution in [2.24, 2.45) is 0 Å². The molecule has 1 N–H and O–H groups in total. The van der Waals surface area contributed by atoms with Crippen molar-refractivity contribution >= 4 is 34.4 Å². The summed E-state index contributed by atoms with van der Waals surface area (Å²) in [5, 5.41) is 14.0. The lowest BCUT2D eigenvalue weighted by Gasteiger charge is -2.17. The first-order valence-corrected chi connectivity index (χ1v) is 8.00. The van der Waals surface area contributed by atoms with Crippen LogP contribution in [-0.4, -0.2) is 19.3 Å². The zero-order valence-electron chi connectivity index (χ0n) is 11.7. The van der Waals surface area contributed by atoms with Gasteiger partial charge in [0.25, 0.3) is 0 Å². The average molecular weight is 302 g/mol. The molecule has 4 nitrogen and oxygen atoms in total. The second-order valence-electron chi connectivity index (χ2n) is 4.72. The van der Waals surface area contributed by atoms with Crippen molar-refractivity contribution in [3.05, 3.63) is 48.5 Å². The van der Waals surface area contributed by atoms with E-state index in [4.69, 9.17) is 9.05 Å². The average Bonchev–Trinajstić information content (AvgIpc) is 2.52. The molecule has 0 bridgehead atoms. The topological polar surface area (TPSA) is 55.8 Å². The fraction of sp³-hybridized carbons (Fsp3) is 0.125. The number of rotatable bonds is 3. The Balaban J connectivity index is 2.45. The van der Waals surface area contributed by atoms with E-state index in [9.17, 15) is 9.67 Å². The molecule has 0 aliphatic rings. The molecule has 0 aliphatic heterocycles. The highest BCUT2D eigenvalue weighted by Crippen LogP contribution is 2.49. The molecule has 0 saturated carbocycles. The summed E-state index contributed by atoms with van der Waals surface area (Å²) in [7, 11) is -0.926. The summed E-state index contributed by atoms with van der Waals surface area (Å²) in [5.41, 5.74) is 0. The molecular formula is C16H15O4P. The molecule has 0 spiro atoms. The van der Waals surface area contributed by atoms with Gasteiger partial charge in [0.05, 0.1) is 0 Å². The Kier molecular flexibility index (Phi) is 3.46. The van der Waals surface area contributed by atoms with Crippen molar-refractivity contribution in [1.29, 1.82) is 0 Å². The Morgan fingerprint density at radius 1 is 0.905 bits per heavy atom. The summed E-state index contributed by atoms with van der Waals surface area (Å²) in [6, 6.07) is 15.1. The molecule has 3 rings (SSSR count). The Morgan fingerprint density at radius 2 is 1.52 bits per heavy atom. The highest BCUT2D eigenvalue weighted by Gasteiger charge is 2.30. The van der Waals surface area contributed by atoms with Gasteiger partial charge in [0.2, 0.25) is 0 Å². The van der Waals surface area contributed by atoms with Crippen molar-refractivity contribution in [2.75, 3.05) is 14.2 Å². The SMILES string of the molecule is COP(=O)(OC)c1c(O)ccc2cc3ccccc3cc12. The van der Waals surface area contributed by atoms with Crippen molar-refractivity contribution in [1.82, 2.24) is 0 Å². The molecule has 0 saturated heterocycles. The second kappa shape index (κ2) is 5.15. The van der Waals surface area contributed by atoms with Gasteiger partial charge in [-0.05, 0) is 34.4 Å². The molecular weight excluding hydrogens is 287 g/mol. The number of hydrogen-bond donors (Lipinski definition) is 1. The fourth-order valence-corrected chi connectivity index (χ4v) is 3.89. The minimum Gasteiger partial charge on any atom is -0.507 e. The first-order chi connectivity index (χ1) is 10.1. The molecule has 0 amide bonds. The van der Waals surface area contributed by atoms with Crippen molar-refractivity contribution in [3.63, 3.8) is 0 Å². The summed E-state index contributed by atoms with van der Waals surface area (Å²) >= 11 is 0. The van der Waals surface area contributed by atoms with Crippen LogP contribution < -0.4 is 5.30 Å². The Hall–Kier alpha value is -1.87. The lowest BCUT2D eigenvalue weighted by molar-refractivity contribution is 0.286. The van der Waals surface area contributed by atoms with E-state index in [-0.39, 0.29) is 11.1 Å². The highest BCUT2D eigenvalue weighted by molar-refractivity contribution is 7.63. The quantitative estimate of drug-likeness (QED) is 0.590. The van der Waals surface area contributed by atoms with Gasteiger partial charge in [-0.25, -0.2) is 0 Å². The van der Waals surface area contributed by atoms with E-state index in [0.717, 1.165) is 16.2 Å². The highest BCUT2D eigenvalue weighted by atomic mass is 31.2. The van der Waals surface area contributed by atoms with Gasteiger partial charge in [-0.15, -0.1) is 0 Å². The molecule has 5 heteroatoms. The van der Waals surface area contributed by atoms with Crippen LogP contribution in [0.1, 0.15) is 0 Å². The molecule has 3 aromatic carbocycles. The third-order valence-corrected chi connectivity index (χ3v) is 5.57. The molecule has 0 radical (unpaired) electrons. The van der Waals surface area contributed by atoms with Gasteiger partial charge in [-0.1, -0.05) is 30.3 Å². The van der Waals surface area contributed by atoms with Gasteiger partial charge < -0.3 is 14.2 Å². The summed E-state index contributed by atoms with van der Waals surface area (Å²) in [5.74, 6) is -0.0928. The van der Waals surface area contributed by atoms with Crippen LogP contribution in [0.15, 0.2) is 48.5 Å². The fourth-order valence-electron chi connectivity index (χ4n) is 2.53. The lowest BCUT2D eigenvalue weighted by atomic mass is 10.0. The Morgan fingerprint density at radius 3 is 2.14 bits per heavy atom. The summed E-state index contributed by atoms with van der Waals surface area (Å²) in [4.78, 5) is 0. The third-order valence-electron chi connectivity index (χ3n) is 3.59. The Bertz CT molecular complexity index is 865. The predicted octanol–water partition coefficient (Wildman–Crippen LogP) is 3.81. The number of hydrogen-bond acceptors (Lipinski definition) is 4. The number of benzene rings is 3. The summed E-state index contributed by atoms with van der Waals surface area (Å²) < 4.78 is 22.8. The normalized spacial score (nSPS) is 12.1. The van der Waals surface area contributed by atoms with E-state index in [0.29, 0.717) is 5.39 Å². The maximum atomic E-state index is 12.7. The van der Waals surface area contributed by atoms with Crippen LogP contribution >= 0.6 is 7.60 Å².